The van der Waals surface area contributed by atoms with Crippen molar-refractivity contribution in [2.45, 2.75) is 39.7 Å². The first-order valence-corrected chi connectivity index (χ1v) is 7.51. The maximum absolute atomic E-state index is 12.3. The molecule has 2 rings (SSSR count). The monoisotopic (exact) mass is 315 g/mol. The van der Waals surface area contributed by atoms with Crippen molar-refractivity contribution < 1.29 is 14.7 Å². The van der Waals surface area contributed by atoms with Gasteiger partial charge >= 0.3 is 5.97 Å². The predicted molar refractivity (Wildman–Crippen MR) is 87.1 cm³/mol. The SMILES string of the molecule is CC(C)(C)CCC(NC(=O)c1ccc2nccnc2c1)C(=O)O. The van der Waals surface area contributed by atoms with Crippen LogP contribution in [0.3, 0.4) is 0 Å². The van der Waals surface area contributed by atoms with Gasteiger partial charge in [0.05, 0.1) is 11.0 Å². The highest BCUT2D eigenvalue weighted by Gasteiger charge is 2.23. The van der Waals surface area contributed by atoms with Gasteiger partial charge < -0.3 is 10.4 Å². The number of amides is 1. The largest absolute Gasteiger partial charge is 0.480 e. The summed E-state index contributed by atoms with van der Waals surface area (Å²) in [4.78, 5) is 32.0. The van der Waals surface area contributed by atoms with E-state index in [0.717, 1.165) is 0 Å². The van der Waals surface area contributed by atoms with Gasteiger partial charge in [-0.2, -0.15) is 0 Å². The van der Waals surface area contributed by atoms with Crippen molar-refractivity contribution in [1.29, 1.82) is 0 Å². The second kappa shape index (κ2) is 6.73. The second-order valence-corrected chi connectivity index (χ2v) is 6.72. The Morgan fingerprint density at radius 2 is 1.83 bits per heavy atom. The van der Waals surface area contributed by atoms with Crippen LogP contribution < -0.4 is 5.32 Å². The highest BCUT2D eigenvalue weighted by Crippen LogP contribution is 2.22. The predicted octanol–water partition coefficient (Wildman–Crippen LogP) is 2.64. The van der Waals surface area contributed by atoms with Gasteiger partial charge in [0.15, 0.2) is 0 Å². The highest BCUT2D eigenvalue weighted by molar-refractivity contribution is 5.99. The van der Waals surface area contributed by atoms with Gasteiger partial charge in [-0.3, -0.25) is 14.8 Å². The van der Waals surface area contributed by atoms with Crippen LogP contribution >= 0.6 is 0 Å². The Kier molecular flexibility index (Phi) is 4.93. The average Bonchev–Trinajstić information content (AvgIpc) is 2.49. The summed E-state index contributed by atoms with van der Waals surface area (Å²) >= 11 is 0. The van der Waals surface area contributed by atoms with Gasteiger partial charge in [0, 0.05) is 18.0 Å². The van der Waals surface area contributed by atoms with Crippen molar-refractivity contribution in [1.82, 2.24) is 15.3 Å². The molecule has 0 saturated heterocycles. The minimum absolute atomic E-state index is 0.0109. The Morgan fingerprint density at radius 3 is 2.43 bits per heavy atom. The maximum atomic E-state index is 12.3. The van der Waals surface area contributed by atoms with Crippen molar-refractivity contribution in [3.8, 4) is 0 Å². The zero-order valence-electron chi connectivity index (χ0n) is 13.5. The summed E-state index contributed by atoms with van der Waals surface area (Å²) in [5, 5.41) is 11.9. The number of nitrogens with one attached hydrogen (secondary N) is 1. The molecule has 1 unspecified atom stereocenters. The topological polar surface area (TPSA) is 92.2 Å². The normalized spacial score (nSPS) is 12.8. The van der Waals surface area contributed by atoms with Gasteiger partial charge in [0.1, 0.15) is 6.04 Å². The fraction of sp³-hybridized carbons (Fsp3) is 0.412. The molecule has 0 spiro atoms. The lowest BCUT2D eigenvalue weighted by Gasteiger charge is -2.21. The van der Waals surface area contributed by atoms with Gasteiger partial charge in [0.25, 0.3) is 5.91 Å². The van der Waals surface area contributed by atoms with Crippen molar-refractivity contribution in [3.63, 3.8) is 0 Å². The van der Waals surface area contributed by atoms with Crippen LogP contribution in [0, 0.1) is 5.41 Å². The van der Waals surface area contributed by atoms with Crippen molar-refractivity contribution in [3.05, 3.63) is 36.2 Å². The van der Waals surface area contributed by atoms with E-state index < -0.39 is 17.9 Å². The number of benzene rings is 1. The smallest absolute Gasteiger partial charge is 0.326 e. The molecular weight excluding hydrogens is 294 g/mol. The van der Waals surface area contributed by atoms with E-state index in [-0.39, 0.29) is 5.41 Å². The molecule has 0 radical (unpaired) electrons. The minimum Gasteiger partial charge on any atom is -0.480 e. The van der Waals surface area contributed by atoms with Gasteiger partial charge in [-0.15, -0.1) is 0 Å². The lowest BCUT2D eigenvalue weighted by Crippen LogP contribution is -2.41. The standard InChI is InChI=1S/C17H21N3O3/c1-17(2,3)7-6-13(16(22)23)20-15(21)11-4-5-12-14(10-11)19-9-8-18-12/h4-5,8-10,13H,6-7H2,1-3H3,(H,20,21)(H,22,23). The molecule has 6 nitrogen and oxygen atoms in total. The summed E-state index contributed by atoms with van der Waals surface area (Å²) in [6.07, 6.45) is 4.22. The van der Waals surface area contributed by atoms with E-state index in [4.69, 9.17) is 0 Å². The average molecular weight is 315 g/mol. The van der Waals surface area contributed by atoms with Crippen LogP contribution in [0.25, 0.3) is 11.0 Å². The number of hydrogen-bond acceptors (Lipinski definition) is 4. The van der Waals surface area contributed by atoms with E-state index in [1.807, 2.05) is 20.8 Å². The molecule has 0 aliphatic carbocycles. The third kappa shape index (κ3) is 4.74. The first kappa shape index (κ1) is 16.9. The minimum atomic E-state index is -1.02. The zero-order chi connectivity index (χ0) is 17.0. The van der Waals surface area contributed by atoms with Crippen molar-refractivity contribution >= 4 is 22.9 Å². The van der Waals surface area contributed by atoms with Gasteiger partial charge in [-0.25, -0.2) is 4.79 Å². The van der Waals surface area contributed by atoms with E-state index in [9.17, 15) is 14.7 Å². The molecular formula is C17H21N3O3. The molecule has 1 amide bonds. The molecule has 122 valence electrons. The maximum Gasteiger partial charge on any atom is 0.326 e. The van der Waals surface area contributed by atoms with Crippen LogP contribution in [-0.2, 0) is 4.79 Å². The molecule has 1 heterocycles. The summed E-state index contributed by atoms with van der Waals surface area (Å²) in [6, 6.07) is 4.02. The molecule has 0 aliphatic rings. The first-order chi connectivity index (χ1) is 10.8. The molecule has 0 bridgehead atoms. The number of hydrogen-bond donors (Lipinski definition) is 2. The number of aliphatic carboxylic acids is 1. The van der Waals surface area contributed by atoms with E-state index in [0.29, 0.717) is 29.4 Å². The van der Waals surface area contributed by atoms with Crippen molar-refractivity contribution in [2.24, 2.45) is 5.41 Å². The van der Waals surface area contributed by atoms with Gasteiger partial charge in [0.2, 0.25) is 0 Å². The van der Waals surface area contributed by atoms with E-state index in [1.54, 1.807) is 30.6 Å². The zero-order valence-corrected chi connectivity index (χ0v) is 13.5. The first-order valence-electron chi connectivity index (χ1n) is 7.51. The molecule has 1 aromatic carbocycles. The van der Waals surface area contributed by atoms with Gasteiger partial charge in [-0.05, 0) is 36.5 Å². The third-order valence-electron chi connectivity index (χ3n) is 3.52. The van der Waals surface area contributed by atoms with Crippen LogP contribution in [0.4, 0.5) is 0 Å². The van der Waals surface area contributed by atoms with Crippen LogP contribution in [-0.4, -0.2) is 33.0 Å². The molecule has 23 heavy (non-hydrogen) atoms. The Bertz CT molecular complexity index is 722. The quantitative estimate of drug-likeness (QED) is 0.885. The number of nitrogens with zero attached hydrogens (tertiary/aromatic N) is 2. The number of carbonyl (C=O) groups excluding carboxylic acids is 1. The van der Waals surface area contributed by atoms with E-state index in [1.165, 1.54) is 0 Å². The summed E-state index contributed by atoms with van der Waals surface area (Å²) in [7, 11) is 0. The summed E-state index contributed by atoms with van der Waals surface area (Å²) < 4.78 is 0. The Labute approximate surface area is 135 Å². The van der Waals surface area contributed by atoms with Crippen LogP contribution in [0.15, 0.2) is 30.6 Å². The number of rotatable bonds is 5. The summed E-state index contributed by atoms with van der Waals surface area (Å²) in [6.45, 7) is 6.11. The second-order valence-electron chi connectivity index (χ2n) is 6.72. The number of aromatic nitrogens is 2. The summed E-state index contributed by atoms with van der Waals surface area (Å²) in [5.41, 5.74) is 1.67. The van der Waals surface area contributed by atoms with Crippen LogP contribution in [0.2, 0.25) is 0 Å². The Morgan fingerprint density at radius 1 is 1.17 bits per heavy atom. The number of fused-ring (bicyclic) bond motifs is 1. The molecule has 2 aromatic rings. The number of carboxylic acids is 1. The lowest BCUT2D eigenvalue weighted by atomic mass is 9.88. The number of carboxylic acid groups (broad SMARTS) is 1. The Balaban J connectivity index is 2.12. The van der Waals surface area contributed by atoms with Crippen LogP contribution in [0.1, 0.15) is 44.0 Å². The third-order valence-corrected chi connectivity index (χ3v) is 3.52. The molecule has 1 aromatic heterocycles. The van der Waals surface area contributed by atoms with Crippen LogP contribution in [0.5, 0.6) is 0 Å². The molecule has 0 fully saturated rings. The molecule has 2 N–H and O–H groups in total. The van der Waals surface area contributed by atoms with E-state index in [2.05, 4.69) is 15.3 Å². The van der Waals surface area contributed by atoms with Crippen molar-refractivity contribution in [2.75, 3.05) is 0 Å². The van der Waals surface area contributed by atoms with Gasteiger partial charge in [-0.1, -0.05) is 20.8 Å². The Hall–Kier alpha value is -2.50. The molecule has 6 heteroatoms. The summed E-state index contributed by atoms with van der Waals surface area (Å²) in [5.74, 6) is -1.44. The highest BCUT2D eigenvalue weighted by atomic mass is 16.4. The lowest BCUT2D eigenvalue weighted by molar-refractivity contribution is -0.139. The molecule has 1 atom stereocenters. The van der Waals surface area contributed by atoms with E-state index >= 15 is 0 Å². The molecule has 0 saturated carbocycles. The molecule has 0 aliphatic heterocycles. The number of carbonyl (C=O) groups is 2. The fourth-order valence-electron chi connectivity index (χ4n) is 2.18. The fourth-order valence-corrected chi connectivity index (χ4v) is 2.18.